The van der Waals surface area contributed by atoms with Crippen LogP contribution in [-0.2, 0) is 10.0 Å². The van der Waals surface area contributed by atoms with Gasteiger partial charge in [0.1, 0.15) is 10.6 Å². The molecule has 0 spiro atoms. The van der Waals surface area contributed by atoms with Gasteiger partial charge in [-0.1, -0.05) is 56.6 Å². The molecule has 188 valence electrons. The molecule has 8 heteroatoms. The van der Waals surface area contributed by atoms with Crippen molar-refractivity contribution in [1.82, 2.24) is 4.98 Å². The number of thiazole rings is 1. The molecule has 0 aliphatic heterocycles. The second kappa shape index (κ2) is 10.6. The molecular weight excluding hydrogens is 478 g/mol. The molecule has 4 rings (SSSR count). The van der Waals surface area contributed by atoms with Gasteiger partial charge < -0.3 is 9.64 Å². The summed E-state index contributed by atoms with van der Waals surface area (Å²) in [5, 5.41) is 0.980. The molecule has 0 amide bonds. The van der Waals surface area contributed by atoms with Gasteiger partial charge in [-0.3, -0.25) is 4.72 Å². The molecule has 1 heterocycles. The van der Waals surface area contributed by atoms with Crippen LogP contribution in [0.5, 0.6) is 5.75 Å². The lowest BCUT2D eigenvalue weighted by Crippen LogP contribution is -2.33. The summed E-state index contributed by atoms with van der Waals surface area (Å²) in [6, 6.07) is 13.3. The second-order valence-electron chi connectivity index (χ2n) is 9.57. The fourth-order valence-electron chi connectivity index (χ4n) is 4.62. The summed E-state index contributed by atoms with van der Waals surface area (Å²) >= 11 is 1.62. The number of hydrogen-bond acceptors (Lipinski definition) is 6. The van der Waals surface area contributed by atoms with Crippen LogP contribution >= 0.6 is 11.3 Å². The lowest BCUT2D eigenvalue weighted by molar-refractivity contribution is 0.403. The van der Waals surface area contributed by atoms with Crippen molar-refractivity contribution in [3.63, 3.8) is 0 Å². The molecule has 3 aromatic rings. The SMILES string of the molecule is COc1ccc(-c2sc(N(C)C3CCCCC3)nc2C)cc1S(=O)(=O)Nc1cccc(C(C)C)c1. The normalized spacial score (nSPS) is 14.8. The van der Waals surface area contributed by atoms with Crippen LogP contribution in [0.4, 0.5) is 10.8 Å². The smallest absolute Gasteiger partial charge is 0.265 e. The van der Waals surface area contributed by atoms with Crippen LogP contribution < -0.4 is 14.4 Å². The van der Waals surface area contributed by atoms with E-state index in [-0.39, 0.29) is 4.90 Å². The minimum absolute atomic E-state index is 0.113. The Balaban J connectivity index is 1.66. The number of anilines is 2. The van der Waals surface area contributed by atoms with E-state index in [0.717, 1.165) is 26.8 Å². The van der Waals surface area contributed by atoms with Crippen LogP contribution in [0, 0.1) is 6.92 Å². The average Bonchev–Trinajstić information content (AvgIpc) is 3.25. The molecule has 1 N–H and O–H groups in total. The molecule has 1 saturated carbocycles. The Labute approximate surface area is 213 Å². The van der Waals surface area contributed by atoms with Crippen molar-refractivity contribution in [2.75, 3.05) is 23.8 Å². The van der Waals surface area contributed by atoms with E-state index in [1.54, 1.807) is 29.5 Å². The van der Waals surface area contributed by atoms with Crippen LogP contribution in [0.3, 0.4) is 0 Å². The lowest BCUT2D eigenvalue weighted by Gasteiger charge is -2.30. The maximum atomic E-state index is 13.4. The lowest BCUT2D eigenvalue weighted by atomic mass is 9.95. The molecule has 0 unspecified atom stereocenters. The average molecular weight is 514 g/mol. The molecule has 6 nitrogen and oxygen atoms in total. The molecule has 0 atom stereocenters. The first-order chi connectivity index (χ1) is 16.7. The number of hydrogen-bond donors (Lipinski definition) is 1. The van der Waals surface area contributed by atoms with Crippen molar-refractivity contribution >= 4 is 32.2 Å². The Hall–Kier alpha value is -2.58. The number of ether oxygens (including phenoxy) is 1. The van der Waals surface area contributed by atoms with E-state index in [1.807, 2.05) is 31.2 Å². The highest BCUT2D eigenvalue weighted by Crippen LogP contribution is 2.39. The van der Waals surface area contributed by atoms with Crippen LogP contribution in [-0.4, -0.2) is 33.6 Å². The summed E-state index contributed by atoms with van der Waals surface area (Å²) in [5.41, 5.74) is 3.33. The summed E-state index contributed by atoms with van der Waals surface area (Å²) in [7, 11) is -0.259. The van der Waals surface area contributed by atoms with E-state index in [1.165, 1.54) is 39.2 Å². The summed E-state index contributed by atoms with van der Waals surface area (Å²) in [5.74, 6) is 0.607. The number of nitrogens with zero attached hydrogens (tertiary/aromatic N) is 2. The van der Waals surface area contributed by atoms with Gasteiger partial charge in [0.2, 0.25) is 0 Å². The molecule has 35 heavy (non-hydrogen) atoms. The highest BCUT2D eigenvalue weighted by molar-refractivity contribution is 7.92. The zero-order chi connectivity index (χ0) is 25.2. The summed E-state index contributed by atoms with van der Waals surface area (Å²) in [4.78, 5) is 8.22. The highest BCUT2D eigenvalue weighted by Gasteiger charge is 2.24. The highest BCUT2D eigenvalue weighted by atomic mass is 32.2. The van der Waals surface area contributed by atoms with E-state index in [2.05, 4.69) is 30.5 Å². The Morgan fingerprint density at radius 3 is 2.54 bits per heavy atom. The van der Waals surface area contributed by atoms with Gasteiger partial charge >= 0.3 is 0 Å². The topological polar surface area (TPSA) is 71.5 Å². The molecule has 1 fully saturated rings. The van der Waals surface area contributed by atoms with Gasteiger partial charge in [0.15, 0.2) is 5.13 Å². The Morgan fingerprint density at radius 1 is 1.11 bits per heavy atom. The monoisotopic (exact) mass is 513 g/mol. The third-order valence-electron chi connectivity index (χ3n) is 6.73. The van der Waals surface area contributed by atoms with Gasteiger partial charge in [-0.25, -0.2) is 13.4 Å². The Morgan fingerprint density at radius 2 is 1.86 bits per heavy atom. The minimum atomic E-state index is -3.87. The van der Waals surface area contributed by atoms with E-state index in [9.17, 15) is 8.42 Å². The van der Waals surface area contributed by atoms with Gasteiger partial charge in [-0.2, -0.15) is 0 Å². The van der Waals surface area contributed by atoms with Gasteiger partial charge in [-0.15, -0.1) is 0 Å². The van der Waals surface area contributed by atoms with E-state index >= 15 is 0 Å². The van der Waals surface area contributed by atoms with Gasteiger partial charge in [0, 0.05) is 18.8 Å². The summed E-state index contributed by atoms with van der Waals surface area (Å²) < 4.78 is 35.1. The predicted molar refractivity (Wildman–Crippen MR) is 145 cm³/mol. The van der Waals surface area contributed by atoms with Crippen molar-refractivity contribution in [2.24, 2.45) is 0 Å². The van der Waals surface area contributed by atoms with Crippen molar-refractivity contribution < 1.29 is 13.2 Å². The van der Waals surface area contributed by atoms with Gasteiger partial charge in [-0.05, 0) is 67.1 Å². The Kier molecular flexibility index (Phi) is 7.71. The number of sulfonamides is 1. The van der Waals surface area contributed by atoms with Crippen molar-refractivity contribution in [3.05, 3.63) is 53.7 Å². The van der Waals surface area contributed by atoms with Crippen molar-refractivity contribution in [3.8, 4) is 16.2 Å². The number of benzene rings is 2. The minimum Gasteiger partial charge on any atom is -0.495 e. The van der Waals surface area contributed by atoms with Gasteiger partial charge in [0.05, 0.1) is 17.7 Å². The molecule has 1 aliphatic carbocycles. The number of aromatic nitrogens is 1. The van der Waals surface area contributed by atoms with E-state index in [0.29, 0.717) is 23.4 Å². The zero-order valence-corrected chi connectivity index (χ0v) is 22.8. The molecule has 0 bridgehead atoms. The first-order valence-corrected chi connectivity index (χ1v) is 14.5. The zero-order valence-electron chi connectivity index (χ0n) is 21.2. The number of methoxy groups -OCH3 is 1. The number of nitrogens with one attached hydrogen (secondary N) is 1. The third kappa shape index (κ3) is 5.64. The summed E-state index contributed by atoms with van der Waals surface area (Å²) in [6.45, 7) is 6.15. The van der Waals surface area contributed by atoms with Crippen molar-refractivity contribution in [1.29, 1.82) is 0 Å². The van der Waals surface area contributed by atoms with E-state index < -0.39 is 10.0 Å². The second-order valence-corrected chi connectivity index (χ2v) is 12.2. The first kappa shape index (κ1) is 25.5. The summed E-state index contributed by atoms with van der Waals surface area (Å²) in [6.07, 6.45) is 6.22. The first-order valence-electron chi connectivity index (χ1n) is 12.2. The quantitative estimate of drug-likeness (QED) is 0.358. The maximum absolute atomic E-state index is 13.4. The van der Waals surface area contributed by atoms with Crippen LogP contribution in [0.25, 0.3) is 10.4 Å². The maximum Gasteiger partial charge on any atom is 0.265 e. The molecule has 1 aliphatic rings. The number of rotatable bonds is 8. The molecule has 1 aromatic heterocycles. The van der Waals surface area contributed by atoms with Crippen LogP contribution in [0.15, 0.2) is 47.4 Å². The molecule has 0 saturated heterocycles. The largest absolute Gasteiger partial charge is 0.495 e. The molecular formula is C27H35N3O3S2. The van der Waals surface area contributed by atoms with Crippen LogP contribution in [0.1, 0.15) is 63.1 Å². The fraction of sp³-hybridized carbons (Fsp3) is 0.444. The molecule has 2 aromatic carbocycles. The predicted octanol–water partition coefficient (Wildman–Crippen LogP) is 6.82. The van der Waals surface area contributed by atoms with Crippen molar-refractivity contribution in [2.45, 2.75) is 69.7 Å². The van der Waals surface area contributed by atoms with Gasteiger partial charge in [0.25, 0.3) is 10.0 Å². The van der Waals surface area contributed by atoms with Crippen LogP contribution in [0.2, 0.25) is 0 Å². The standard InChI is InChI=1S/C27H35N3O3S2/c1-18(2)20-10-9-11-22(16-20)29-35(31,32)25-17-21(14-15-24(25)33-5)26-19(3)28-27(34-26)30(4)23-12-7-6-8-13-23/h9-11,14-18,23,29H,6-8,12-13H2,1-5H3. The van der Waals surface area contributed by atoms with E-state index in [4.69, 9.17) is 9.72 Å². The number of aryl methyl sites for hydroxylation is 1. The fourth-order valence-corrected chi connectivity index (χ4v) is 6.97. The Bertz CT molecular complexity index is 1280. The molecule has 0 radical (unpaired) electrons. The third-order valence-corrected chi connectivity index (χ3v) is 9.43.